The highest BCUT2D eigenvalue weighted by Gasteiger charge is 2.35. The number of halogens is 2. The quantitative estimate of drug-likeness (QED) is 0.302. The molecule has 1 atom stereocenters. The number of amides is 2. The lowest BCUT2D eigenvalue weighted by molar-refractivity contribution is -0.140. The van der Waals surface area contributed by atoms with Crippen LogP contribution in [0.3, 0.4) is 0 Å². The zero-order chi connectivity index (χ0) is 31.3. The maximum absolute atomic E-state index is 14.3. The highest BCUT2D eigenvalue weighted by molar-refractivity contribution is 7.92. The Kier molecular flexibility index (Phi) is 10.2. The SMILES string of the molecule is CS(=O)(=O)N(CC(=O)N(Cc1ccc(Cl)cc1Cl)[C@@H](Cc1ccccc1)C(=O)NC1CCCC1)c1ccc2c(c1)OCCO2. The molecule has 3 aromatic rings. The van der Waals surface area contributed by atoms with Gasteiger partial charge in [0.05, 0.1) is 11.9 Å². The first-order chi connectivity index (χ1) is 21.1. The van der Waals surface area contributed by atoms with E-state index in [-0.39, 0.29) is 30.6 Å². The number of hydrogen-bond donors (Lipinski definition) is 1. The molecule has 1 saturated carbocycles. The van der Waals surface area contributed by atoms with Crippen molar-refractivity contribution in [1.29, 1.82) is 0 Å². The summed E-state index contributed by atoms with van der Waals surface area (Å²) in [6.45, 7) is 0.116. The number of rotatable bonds is 11. The normalized spacial score (nSPS) is 15.4. The number of benzene rings is 3. The molecule has 0 saturated heterocycles. The van der Waals surface area contributed by atoms with Crippen LogP contribution >= 0.6 is 23.2 Å². The lowest BCUT2D eigenvalue weighted by Crippen LogP contribution is -2.54. The molecule has 9 nitrogen and oxygen atoms in total. The van der Waals surface area contributed by atoms with Crippen molar-refractivity contribution in [1.82, 2.24) is 10.2 Å². The molecule has 3 aromatic carbocycles. The first-order valence-corrected chi connectivity index (χ1v) is 17.1. The van der Waals surface area contributed by atoms with E-state index in [1.807, 2.05) is 30.3 Å². The Morgan fingerprint density at radius 2 is 1.66 bits per heavy atom. The summed E-state index contributed by atoms with van der Waals surface area (Å²) < 4.78 is 38.5. The zero-order valence-electron chi connectivity index (χ0n) is 24.4. The zero-order valence-corrected chi connectivity index (χ0v) is 26.7. The van der Waals surface area contributed by atoms with E-state index in [1.54, 1.807) is 30.3 Å². The van der Waals surface area contributed by atoms with Crippen LogP contribution in [0.5, 0.6) is 11.5 Å². The Morgan fingerprint density at radius 1 is 0.955 bits per heavy atom. The van der Waals surface area contributed by atoms with Gasteiger partial charge in [0.15, 0.2) is 11.5 Å². The van der Waals surface area contributed by atoms with Gasteiger partial charge in [-0.05, 0) is 48.2 Å². The second kappa shape index (κ2) is 14.1. The number of nitrogens with one attached hydrogen (secondary N) is 1. The van der Waals surface area contributed by atoms with E-state index in [9.17, 15) is 18.0 Å². The molecule has 0 spiro atoms. The van der Waals surface area contributed by atoms with Gasteiger partial charge in [-0.15, -0.1) is 0 Å². The van der Waals surface area contributed by atoms with Crippen molar-refractivity contribution in [2.24, 2.45) is 0 Å². The van der Waals surface area contributed by atoms with Crippen molar-refractivity contribution < 1.29 is 27.5 Å². The fourth-order valence-electron chi connectivity index (χ4n) is 5.56. The third kappa shape index (κ3) is 7.97. The van der Waals surface area contributed by atoms with Crippen molar-refractivity contribution in [2.75, 3.05) is 30.3 Å². The summed E-state index contributed by atoms with van der Waals surface area (Å²) in [6.07, 6.45) is 5.04. The van der Waals surface area contributed by atoms with Gasteiger partial charge in [-0.3, -0.25) is 13.9 Å². The average Bonchev–Trinajstić information content (AvgIpc) is 3.51. The lowest BCUT2D eigenvalue weighted by atomic mass is 10.0. The minimum Gasteiger partial charge on any atom is -0.486 e. The minimum atomic E-state index is -3.94. The second-order valence-corrected chi connectivity index (χ2v) is 13.8. The summed E-state index contributed by atoms with van der Waals surface area (Å²) >= 11 is 12.7. The number of anilines is 1. The summed E-state index contributed by atoms with van der Waals surface area (Å²) in [5, 5.41) is 3.90. The molecule has 2 aliphatic rings. The van der Waals surface area contributed by atoms with Crippen LogP contribution < -0.4 is 19.1 Å². The first-order valence-electron chi connectivity index (χ1n) is 14.5. The molecule has 2 amide bonds. The summed E-state index contributed by atoms with van der Waals surface area (Å²) in [4.78, 5) is 29.7. The van der Waals surface area contributed by atoms with Crippen LogP contribution in [-0.4, -0.2) is 63.2 Å². The van der Waals surface area contributed by atoms with Gasteiger partial charge in [0.2, 0.25) is 21.8 Å². The molecule has 1 N–H and O–H groups in total. The molecule has 1 heterocycles. The molecule has 234 valence electrons. The minimum absolute atomic E-state index is 0.0158. The summed E-state index contributed by atoms with van der Waals surface area (Å²) in [5.74, 6) is 0.00565. The van der Waals surface area contributed by atoms with Crippen LogP contribution in [0.25, 0.3) is 0 Å². The number of sulfonamides is 1. The second-order valence-electron chi connectivity index (χ2n) is 11.1. The van der Waals surface area contributed by atoms with Gasteiger partial charge < -0.3 is 19.7 Å². The maximum Gasteiger partial charge on any atom is 0.244 e. The van der Waals surface area contributed by atoms with E-state index >= 15 is 0 Å². The van der Waals surface area contributed by atoms with E-state index in [0.29, 0.717) is 40.3 Å². The third-order valence-corrected chi connectivity index (χ3v) is 9.55. The largest absolute Gasteiger partial charge is 0.486 e. The van der Waals surface area contributed by atoms with E-state index in [0.717, 1.165) is 41.8 Å². The van der Waals surface area contributed by atoms with Gasteiger partial charge in [-0.2, -0.15) is 0 Å². The Hall–Kier alpha value is -3.47. The van der Waals surface area contributed by atoms with Gasteiger partial charge in [0, 0.05) is 35.1 Å². The van der Waals surface area contributed by atoms with Crippen LogP contribution in [0.2, 0.25) is 10.0 Å². The van der Waals surface area contributed by atoms with Crippen molar-refractivity contribution >= 4 is 50.7 Å². The molecule has 0 aromatic heterocycles. The number of fused-ring (bicyclic) bond motifs is 1. The molecule has 12 heteroatoms. The van der Waals surface area contributed by atoms with Gasteiger partial charge in [-0.25, -0.2) is 8.42 Å². The number of nitrogens with zero attached hydrogens (tertiary/aromatic N) is 2. The van der Waals surface area contributed by atoms with Crippen molar-refractivity contribution in [3.05, 3.63) is 87.9 Å². The fourth-order valence-corrected chi connectivity index (χ4v) is 6.87. The monoisotopic (exact) mass is 659 g/mol. The Labute approximate surface area is 268 Å². The average molecular weight is 661 g/mol. The molecule has 44 heavy (non-hydrogen) atoms. The molecular weight excluding hydrogens is 625 g/mol. The fraction of sp³-hybridized carbons (Fsp3) is 0.375. The molecule has 0 unspecified atom stereocenters. The molecular formula is C32H35Cl2N3O6S. The molecule has 5 rings (SSSR count). The van der Waals surface area contributed by atoms with Crippen LogP contribution in [0.4, 0.5) is 5.69 Å². The maximum atomic E-state index is 14.3. The number of ether oxygens (including phenoxy) is 2. The topological polar surface area (TPSA) is 105 Å². The Balaban J connectivity index is 1.52. The first kappa shape index (κ1) is 31.9. The van der Waals surface area contributed by atoms with E-state index < -0.39 is 28.5 Å². The number of carbonyl (C=O) groups is 2. The highest BCUT2D eigenvalue weighted by Crippen LogP contribution is 2.35. The third-order valence-electron chi connectivity index (χ3n) is 7.82. The Morgan fingerprint density at radius 3 is 2.34 bits per heavy atom. The van der Waals surface area contributed by atoms with E-state index in [1.165, 1.54) is 11.0 Å². The van der Waals surface area contributed by atoms with Crippen molar-refractivity contribution in [3.63, 3.8) is 0 Å². The molecule has 1 aliphatic heterocycles. The Bertz CT molecular complexity index is 1600. The van der Waals surface area contributed by atoms with Gasteiger partial charge in [0.1, 0.15) is 25.8 Å². The highest BCUT2D eigenvalue weighted by atomic mass is 35.5. The van der Waals surface area contributed by atoms with Gasteiger partial charge in [0.25, 0.3) is 0 Å². The summed E-state index contributed by atoms with van der Waals surface area (Å²) in [5.41, 5.74) is 1.66. The predicted molar refractivity (Wildman–Crippen MR) is 171 cm³/mol. The van der Waals surface area contributed by atoms with Gasteiger partial charge >= 0.3 is 0 Å². The molecule has 0 radical (unpaired) electrons. The number of carbonyl (C=O) groups excluding carboxylic acids is 2. The summed E-state index contributed by atoms with van der Waals surface area (Å²) in [7, 11) is -3.94. The van der Waals surface area contributed by atoms with Crippen LogP contribution in [0, 0.1) is 0 Å². The lowest BCUT2D eigenvalue weighted by Gasteiger charge is -2.34. The van der Waals surface area contributed by atoms with E-state index in [2.05, 4.69) is 5.32 Å². The molecule has 1 fully saturated rings. The van der Waals surface area contributed by atoms with Crippen LogP contribution in [0.15, 0.2) is 66.7 Å². The summed E-state index contributed by atoms with van der Waals surface area (Å²) in [6, 6.07) is 18.1. The number of hydrogen-bond acceptors (Lipinski definition) is 6. The van der Waals surface area contributed by atoms with Gasteiger partial charge in [-0.1, -0.05) is 72.4 Å². The predicted octanol–water partition coefficient (Wildman–Crippen LogP) is 5.23. The molecule has 0 bridgehead atoms. The molecule has 1 aliphatic carbocycles. The van der Waals surface area contributed by atoms with Crippen LogP contribution in [0.1, 0.15) is 36.8 Å². The standard InChI is InChI=1S/C32H35Cl2N3O6S/c1-44(40,41)37(26-13-14-29-30(19-26)43-16-15-42-29)21-31(38)36(20-23-11-12-24(33)18-27(23)34)28(17-22-7-3-2-4-8-22)32(39)35-25-9-5-6-10-25/h2-4,7-8,11-14,18-19,25,28H,5-6,9-10,15-17,20-21H2,1H3,(H,35,39)/t28-/m0/s1. The van der Waals surface area contributed by atoms with Crippen molar-refractivity contribution in [3.8, 4) is 11.5 Å². The smallest absolute Gasteiger partial charge is 0.244 e. The van der Waals surface area contributed by atoms with Crippen LogP contribution in [-0.2, 0) is 32.6 Å². The van der Waals surface area contributed by atoms with E-state index in [4.69, 9.17) is 32.7 Å². The van der Waals surface area contributed by atoms with Crippen molar-refractivity contribution in [2.45, 2.75) is 50.7 Å².